The van der Waals surface area contributed by atoms with E-state index in [0.29, 0.717) is 5.69 Å². The monoisotopic (exact) mass is 193 g/mol. The summed E-state index contributed by atoms with van der Waals surface area (Å²) in [6.07, 6.45) is 0. The van der Waals surface area contributed by atoms with Gasteiger partial charge in [0.15, 0.2) is 0 Å². The highest BCUT2D eigenvalue weighted by atomic mass is 19.1. The predicted octanol–water partition coefficient (Wildman–Crippen LogP) is 3.17. The van der Waals surface area contributed by atoms with Crippen LogP contribution >= 0.6 is 0 Å². The van der Waals surface area contributed by atoms with Gasteiger partial charge in [-0.1, -0.05) is 24.3 Å². The number of pyridine rings is 1. The molecule has 2 rings (SSSR count). The topological polar surface area (TPSA) is 12.9 Å². The Labute approximate surface area is 80.4 Å². The number of rotatable bonds is 2. The first kappa shape index (κ1) is 9.06. The first-order valence-electron chi connectivity index (χ1n) is 4.34. The average molecular weight is 193 g/mol. The normalized spacial score (nSPS) is 10.7. The summed E-state index contributed by atoms with van der Waals surface area (Å²) in [5.74, 6) is 0. The van der Waals surface area contributed by atoms with Gasteiger partial charge in [0.05, 0.1) is 11.4 Å². The van der Waals surface area contributed by atoms with Gasteiger partial charge < -0.3 is 0 Å². The minimum Gasteiger partial charge on any atom is -0.252 e. The van der Waals surface area contributed by atoms with Crippen LogP contribution in [0.15, 0.2) is 30.3 Å². The molecule has 0 radical (unpaired) electrons. The van der Waals surface area contributed by atoms with Crippen molar-refractivity contribution < 1.29 is 8.78 Å². The molecule has 0 aliphatic carbocycles. The van der Waals surface area contributed by atoms with Gasteiger partial charge in [0.25, 0.3) is 0 Å². The molecule has 3 heteroatoms. The number of nitrogens with zero attached hydrogens (tertiary/aromatic N) is 1. The molecule has 0 saturated heterocycles. The molecule has 0 saturated carbocycles. The van der Waals surface area contributed by atoms with Crippen molar-refractivity contribution in [2.24, 2.45) is 0 Å². The Morgan fingerprint density at radius 2 is 1.86 bits per heavy atom. The van der Waals surface area contributed by atoms with E-state index in [2.05, 4.69) is 4.98 Å². The number of halogens is 2. The molecule has 1 nitrogen and oxygen atoms in total. The van der Waals surface area contributed by atoms with Gasteiger partial charge in [-0.05, 0) is 11.5 Å². The molecule has 0 amide bonds. The summed E-state index contributed by atoms with van der Waals surface area (Å²) in [5, 5.41) is 1.59. The molecule has 0 fully saturated rings. The van der Waals surface area contributed by atoms with Gasteiger partial charge >= 0.3 is 0 Å². The quantitative estimate of drug-likeness (QED) is 0.713. The van der Waals surface area contributed by atoms with Crippen LogP contribution in [0.1, 0.15) is 11.4 Å². The zero-order valence-corrected chi connectivity index (χ0v) is 7.50. The molecule has 1 aromatic heterocycles. The van der Waals surface area contributed by atoms with Crippen molar-refractivity contribution in [3.63, 3.8) is 0 Å². The van der Waals surface area contributed by atoms with Crippen LogP contribution in [-0.2, 0) is 13.3 Å². The number of benzene rings is 1. The molecule has 0 aliphatic heterocycles. The molecule has 2 aromatic rings. The molecular weight excluding hydrogens is 184 g/mol. The molecule has 1 aromatic carbocycles. The van der Waals surface area contributed by atoms with Gasteiger partial charge in [0.2, 0.25) is 0 Å². The maximum absolute atomic E-state index is 12.6. The second kappa shape index (κ2) is 3.70. The average Bonchev–Trinajstić information content (AvgIpc) is 2.27. The maximum atomic E-state index is 12.6. The van der Waals surface area contributed by atoms with E-state index in [4.69, 9.17) is 0 Å². The summed E-state index contributed by atoms with van der Waals surface area (Å²) in [5.41, 5.74) is 0.604. The van der Waals surface area contributed by atoms with Crippen molar-refractivity contribution in [1.29, 1.82) is 0 Å². The zero-order valence-electron chi connectivity index (χ0n) is 7.50. The van der Waals surface area contributed by atoms with Crippen LogP contribution in [0.2, 0.25) is 0 Å². The van der Waals surface area contributed by atoms with Gasteiger partial charge in [-0.15, -0.1) is 0 Å². The lowest BCUT2D eigenvalue weighted by Crippen LogP contribution is -1.93. The van der Waals surface area contributed by atoms with Crippen molar-refractivity contribution in [2.45, 2.75) is 13.3 Å². The minimum atomic E-state index is -0.658. The first-order chi connectivity index (χ1) is 6.85. The first-order valence-corrected chi connectivity index (χ1v) is 4.34. The molecule has 0 bridgehead atoms. The van der Waals surface area contributed by atoms with Gasteiger partial charge in [-0.2, -0.15) is 0 Å². The van der Waals surface area contributed by atoms with Gasteiger partial charge in [-0.25, -0.2) is 8.78 Å². The fourth-order valence-corrected chi connectivity index (χ4v) is 1.50. The number of fused-ring (bicyclic) bond motifs is 1. The molecule has 0 atom stereocenters. The summed E-state index contributed by atoms with van der Waals surface area (Å²) < 4.78 is 25.0. The van der Waals surface area contributed by atoms with Crippen LogP contribution in [0, 0.1) is 0 Å². The lowest BCUT2D eigenvalue weighted by atomic mass is 10.1. The van der Waals surface area contributed by atoms with Gasteiger partial charge in [-0.3, -0.25) is 4.98 Å². The van der Waals surface area contributed by atoms with Crippen LogP contribution in [0.4, 0.5) is 8.78 Å². The molecule has 14 heavy (non-hydrogen) atoms. The highest BCUT2D eigenvalue weighted by Crippen LogP contribution is 2.19. The Bertz CT molecular complexity index is 454. The summed E-state index contributed by atoms with van der Waals surface area (Å²) in [6.45, 7) is -1.31. The number of alkyl halides is 2. The second-order valence-electron chi connectivity index (χ2n) is 3.05. The van der Waals surface area contributed by atoms with E-state index in [1.165, 1.54) is 0 Å². The standard InChI is InChI=1S/C11H9F2N/c12-6-9-5-8-3-1-2-4-10(8)11(7-13)14-9/h1-5H,6-7H2. The van der Waals surface area contributed by atoms with Crippen LogP contribution in [0.3, 0.4) is 0 Å². The van der Waals surface area contributed by atoms with E-state index in [9.17, 15) is 8.78 Å². The molecule has 0 unspecified atom stereocenters. The van der Waals surface area contributed by atoms with Crippen molar-refractivity contribution >= 4 is 10.8 Å². The van der Waals surface area contributed by atoms with Crippen molar-refractivity contribution in [3.05, 3.63) is 41.7 Å². The fourth-order valence-electron chi connectivity index (χ4n) is 1.50. The highest BCUT2D eigenvalue weighted by Gasteiger charge is 2.04. The lowest BCUT2D eigenvalue weighted by Gasteiger charge is -2.04. The molecule has 0 spiro atoms. The Morgan fingerprint density at radius 3 is 2.57 bits per heavy atom. The van der Waals surface area contributed by atoms with Crippen LogP contribution in [0.25, 0.3) is 10.8 Å². The number of hydrogen-bond acceptors (Lipinski definition) is 1. The van der Waals surface area contributed by atoms with E-state index >= 15 is 0 Å². The van der Waals surface area contributed by atoms with Gasteiger partial charge in [0, 0.05) is 5.39 Å². The van der Waals surface area contributed by atoms with Crippen LogP contribution in [-0.4, -0.2) is 4.98 Å². The van der Waals surface area contributed by atoms with Crippen LogP contribution in [0.5, 0.6) is 0 Å². The van der Waals surface area contributed by atoms with Gasteiger partial charge in [0.1, 0.15) is 13.3 Å². The molecule has 72 valence electrons. The highest BCUT2D eigenvalue weighted by molar-refractivity contribution is 5.84. The predicted molar refractivity (Wildman–Crippen MR) is 51.4 cm³/mol. The van der Waals surface area contributed by atoms with Crippen LogP contribution < -0.4 is 0 Å². The summed E-state index contributed by atoms with van der Waals surface area (Å²) in [7, 11) is 0. The Hall–Kier alpha value is -1.51. The largest absolute Gasteiger partial charge is 0.252 e. The zero-order chi connectivity index (χ0) is 9.97. The SMILES string of the molecule is FCc1cc2ccccc2c(CF)n1. The van der Waals surface area contributed by atoms with E-state index < -0.39 is 13.3 Å². The Balaban J connectivity index is 2.73. The smallest absolute Gasteiger partial charge is 0.132 e. The summed E-state index contributed by atoms with van der Waals surface area (Å²) in [4.78, 5) is 3.89. The van der Waals surface area contributed by atoms with E-state index in [1.807, 2.05) is 18.2 Å². The minimum absolute atomic E-state index is 0.288. The lowest BCUT2D eigenvalue weighted by molar-refractivity contribution is 0.460. The molecule has 0 aliphatic rings. The molecule has 0 N–H and O–H groups in total. The van der Waals surface area contributed by atoms with Crippen molar-refractivity contribution in [3.8, 4) is 0 Å². The van der Waals surface area contributed by atoms with E-state index in [-0.39, 0.29) is 5.69 Å². The molecule has 1 heterocycles. The van der Waals surface area contributed by atoms with Crippen molar-refractivity contribution in [2.75, 3.05) is 0 Å². The number of aromatic nitrogens is 1. The molecular formula is C11H9F2N. The second-order valence-corrected chi connectivity index (χ2v) is 3.05. The third-order valence-electron chi connectivity index (χ3n) is 2.14. The third kappa shape index (κ3) is 1.45. The van der Waals surface area contributed by atoms with Crippen molar-refractivity contribution in [1.82, 2.24) is 4.98 Å². The third-order valence-corrected chi connectivity index (χ3v) is 2.14. The summed E-state index contributed by atoms with van der Waals surface area (Å²) >= 11 is 0. The van der Waals surface area contributed by atoms with E-state index in [0.717, 1.165) is 10.8 Å². The summed E-state index contributed by atoms with van der Waals surface area (Å²) in [6, 6.07) is 8.92. The Kier molecular flexibility index (Phi) is 2.39. The number of hydrogen-bond donors (Lipinski definition) is 0. The Morgan fingerprint density at radius 1 is 1.07 bits per heavy atom. The fraction of sp³-hybridized carbons (Fsp3) is 0.182. The van der Waals surface area contributed by atoms with E-state index in [1.54, 1.807) is 12.1 Å². The maximum Gasteiger partial charge on any atom is 0.132 e.